The molecule has 98 valence electrons. The van der Waals surface area contributed by atoms with Gasteiger partial charge >= 0.3 is 0 Å². The summed E-state index contributed by atoms with van der Waals surface area (Å²) in [6.07, 6.45) is 0. The number of halogens is 1. The van der Waals surface area contributed by atoms with E-state index in [1.807, 2.05) is 44.2 Å². The Hall–Kier alpha value is -2.49. The summed E-state index contributed by atoms with van der Waals surface area (Å²) in [7, 11) is 0. The third kappa shape index (κ3) is 2.74. The van der Waals surface area contributed by atoms with Crippen LogP contribution in [0, 0.1) is 36.5 Å². The van der Waals surface area contributed by atoms with E-state index in [-0.39, 0.29) is 11.1 Å². The minimum absolute atomic E-state index is 0.241. The molecule has 0 radical (unpaired) electrons. The highest BCUT2D eigenvalue weighted by molar-refractivity contribution is 6.32. The summed E-state index contributed by atoms with van der Waals surface area (Å²) in [4.78, 5) is 0. The molecule has 0 aliphatic rings. The van der Waals surface area contributed by atoms with Crippen molar-refractivity contribution in [1.82, 2.24) is 0 Å². The standard InChI is InChI=1S/C16H11ClN2O/c1-10-3-4-14(5-11(10)2)20-16-7-13(9-19)12(8-18)6-15(16)17/h3-7H,1-2H3. The summed E-state index contributed by atoms with van der Waals surface area (Å²) in [5, 5.41) is 18.2. The number of ether oxygens (including phenoxy) is 1. The van der Waals surface area contributed by atoms with Crippen LogP contribution in [0.5, 0.6) is 11.5 Å². The van der Waals surface area contributed by atoms with Gasteiger partial charge in [0.15, 0.2) is 0 Å². The lowest BCUT2D eigenvalue weighted by molar-refractivity contribution is 0.482. The number of hydrogen-bond acceptors (Lipinski definition) is 3. The van der Waals surface area contributed by atoms with Gasteiger partial charge in [-0.15, -0.1) is 0 Å². The van der Waals surface area contributed by atoms with Crippen molar-refractivity contribution in [3.05, 3.63) is 57.6 Å². The van der Waals surface area contributed by atoms with Crippen molar-refractivity contribution in [2.45, 2.75) is 13.8 Å². The van der Waals surface area contributed by atoms with Crippen LogP contribution in [-0.2, 0) is 0 Å². The number of benzene rings is 2. The third-order valence-corrected chi connectivity index (χ3v) is 3.31. The number of rotatable bonds is 2. The van der Waals surface area contributed by atoms with E-state index in [9.17, 15) is 0 Å². The van der Waals surface area contributed by atoms with Crippen molar-refractivity contribution in [3.8, 4) is 23.6 Å². The molecule has 0 aliphatic heterocycles. The Balaban J connectivity index is 2.41. The molecule has 2 rings (SSSR count). The predicted molar refractivity (Wildman–Crippen MR) is 76.9 cm³/mol. The molecule has 0 aromatic heterocycles. The summed E-state index contributed by atoms with van der Waals surface area (Å²) in [6, 6.07) is 12.5. The van der Waals surface area contributed by atoms with Gasteiger partial charge in [0.05, 0.1) is 16.1 Å². The summed E-state index contributed by atoms with van der Waals surface area (Å²) < 4.78 is 5.69. The number of nitrogens with zero attached hydrogens (tertiary/aromatic N) is 2. The molecule has 4 heteroatoms. The van der Waals surface area contributed by atoms with E-state index in [0.717, 1.165) is 5.56 Å². The van der Waals surface area contributed by atoms with Crippen LogP contribution in [0.1, 0.15) is 22.3 Å². The molecular weight excluding hydrogens is 272 g/mol. The van der Waals surface area contributed by atoms with Gasteiger partial charge < -0.3 is 4.74 Å². The number of nitriles is 2. The highest BCUT2D eigenvalue weighted by Gasteiger charge is 2.10. The second-order valence-electron chi connectivity index (χ2n) is 4.40. The number of hydrogen-bond donors (Lipinski definition) is 0. The topological polar surface area (TPSA) is 56.8 Å². The van der Waals surface area contributed by atoms with Crippen molar-refractivity contribution < 1.29 is 4.74 Å². The molecule has 3 nitrogen and oxygen atoms in total. The Morgan fingerprint density at radius 2 is 1.60 bits per heavy atom. The maximum absolute atomic E-state index is 9.01. The van der Waals surface area contributed by atoms with Crippen LogP contribution in [0.25, 0.3) is 0 Å². The molecule has 0 unspecified atom stereocenters. The molecule has 0 heterocycles. The lowest BCUT2D eigenvalue weighted by Gasteiger charge is -2.10. The second-order valence-corrected chi connectivity index (χ2v) is 4.81. The van der Waals surface area contributed by atoms with Gasteiger partial charge in [0, 0.05) is 6.07 Å². The van der Waals surface area contributed by atoms with Crippen molar-refractivity contribution in [3.63, 3.8) is 0 Å². The summed E-state index contributed by atoms with van der Waals surface area (Å²) in [5.74, 6) is 1.01. The predicted octanol–water partition coefficient (Wildman–Crippen LogP) is 4.49. The van der Waals surface area contributed by atoms with Crippen LogP contribution < -0.4 is 4.74 Å². The first-order chi connectivity index (χ1) is 9.55. The van der Waals surface area contributed by atoms with E-state index >= 15 is 0 Å². The molecule has 0 saturated heterocycles. The highest BCUT2D eigenvalue weighted by atomic mass is 35.5. The molecular formula is C16H11ClN2O. The Bertz CT molecular complexity index is 754. The molecule has 0 bridgehead atoms. The van der Waals surface area contributed by atoms with E-state index in [4.69, 9.17) is 26.9 Å². The minimum Gasteiger partial charge on any atom is -0.456 e. The normalized spacial score (nSPS) is 9.65. The first-order valence-electron chi connectivity index (χ1n) is 5.94. The summed E-state index contributed by atoms with van der Waals surface area (Å²) in [5.41, 5.74) is 2.76. The van der Waals surface area contributed by atoms with E-state index in [1.165, 1.54) is 17.7 Å². The smallest absolute Gasteiger partial charge is 0.147 e. The SMILES string of the molecule is Cc1ccc(Oc2cc(C#N)c(C#N)cc2Cl)cc1C. The van der Waals surface area contributed by atoms with Gasteiger partial charge in [0.2, 0.25) is 0 Å². The molecule has 0 atom stereocenters. The molecule has 0 N–H and O–H groups in total. The number of aryl methyl sites for hydroxylation is 2. The van der Waals surface area contributed by atoms with E-state index in [0.29, 0.717) is 16.5 Å². The fourth-order valence-corrected chi connectivity index (χ4v) is 1.92. The summed E-state index contributed by atoms with van der Waals surface area (Å²) in [6.45, 7) is 4.00. The fourth-order valence-electron chi connectivity index (χ4n) is 1.72. The highest BCUT2D eigenvalue weighted by Crippen LogP contribution is 2.32. The molecule has 20 heavy (non-hydrogen) atoms. The van der Waals surface area contributed by atoms with E-state index < -0.39 is 0 Å². The van der Waals surface area contributed by atoms with Crippen LogP contribution in [0.3, 0.4) is 0 Å². The first kappa shape index (κ1) is 13.9. The maximum atomic E-state index is 9.01. The monoisotopic (exact) mass is 282 g/mol. The molecule has 0 aliphatic carbocycles. The fraction of sp³-hybridized carbons (Fsp3) is 0.125. The summed E-state index contributed by atoms with van der Waals surface area (Å²) >= 11 is 6.07. The lowest BCUT2D eigenvalue weighted by atomic mass is 10.1. The van der Waals surface area contributed by atoms with Crippen molar-refractivity contribution in [1.29, 1.82) is 10.5 Å². The molecule has 0 fully saturated rings. The molecule has 0 saturated carbocycles. The molecule has 0 spiro atoms. The minimum atomic E-state index is 0.241. The van der Waals surface area contributed by atoms with Gasteiger partial charge in [-0.25, -0.2) is 0 Å². The largest absolute Gasteiger partial charge is 0.456 e. The Kier molecular flexibility index (Phi) is 3.94. The molecule has 2 aromatic carbocycles. The van der Waals surface area contributed by atoms with Crippen LogP contribution in [0.4, 0.5) is 0 Å². The quantitative estimate of drug-likeness (QED) is 0.815. The van der Waals surface area contributed by atoms with Gasteiger partial charge in [0.25, 0.3) is 0 Å². The zero-order chi connectivity index (χ0) is 14.7. The van der Waals surface area contributed by atoms with Gasteiger partial charge in [-0.2, -0.15) is 10.5 Å². The average molecular weight is 283 g/mol. The van der Waals surface area contributed by atoms with Crippen LogP contribution in [0.15, 0.2) is 30.3 Å². The van der Waals surface area contributed by atoms with Crippen LogP contribution in [-0.4, -0.2) is 0 Å². The second kappa shape index (κ2) is 5.65. The lowest BCUT2D eigenvalue weighted by Crippen LogP contribution is -1.91. The first-order valence-corrected chi connectivity index (χ1v) is 6.32. The zero-order valence-corrected chi connectivity index (χ0v) is 11.8. The van der Waals surface area contributed by atoms with Crippen LogP contribution >= 0.6 is 11.6 Å². The zero-order valence-electron chi connectivity index (χ0n) is 11.1. The molecule has 2 aromatic rings. The van der Waals surface area contributed by atoms with Gasteiger partial charge in [-0.3, -0.25) is 0 Å². The Morgan fingerprint density at radius 3 is 2.20 bits per heavy atom. The van der Waals surface area contributed by atoms with Gasteiger partial charge in [-0.1, -0.05) is 17.7 Å². The van der Waals surface area contributed by atoms with Crippen LogP contribution in [0.2, 0.25) is 5.02 Å². The van der Waals surface area contributed by atoms with Crippen molar-refractivity contribution in [2.24, 2.45) is 0 Å². The molecule has 0 amide bonds. The van der Waals surface area contributed by atoms with Crippen molar-refractivity contribution in [2.75, 3.05) is 0 Å². The Morgan fingerprint density at radius 1 is 0.950 bits per heavy atom. The van der Waals surface area contributed by atoms with E-state index in [1.54, 1.807) is 0 Å². The van der Waals surface area contributed by atoms with E-state index in [2.05, 4.69) is 0 Å². The van der Waals surface area contributed by atoms with Gasteiger partial charge in [-0.05, 0) is 43.2 Å². The van der Waals surface area contributed by atoms with Gasteiger partial charge in [0.1, 0.15) is 23.6 Å². The Labute approximate surface area is 122 Å². The van der Waals surface area contributed by atoms with Crippen molar-refractivity contribution >= 4 is 11.6 Å². The average Bonchev–Trinajstić information content (AvgIpc) is 2.44. The maximum Gasteiger partial charge on any atom is 0.147 e. The third-order valence-electron chi connectivity index (χ3n) is 3.02.